The lowest BCUT2D eigenvalue weighted by Gasteiger charge is -2.16. The van der Waals surface area contributed by atoms with Crippen molar-refractivity contribution in [1.82, 2.24) is 24.9 Å². The molecule has 1 N–H and O–H groups in total. The monoisotopic (exact) mass is 479 g/mol. The molecule has 4 rings (SSSR count). The van der Waals surface area contributed by atoms with Gasteiger partial charge in [-0.25, -0.2) is 4.98 Å². The summed E-state index contributed by atoms with van der Waals surface area (Å²) in [6, 6.07) is 13.1. The largest absolute Gasteiger partial charge is 0.487 e. The fraction of sp³-hybridized carbons (Fsp3) is 0.250. The highest BCUT2D eigenvalue weighted by Gasteiger charge is 2.19. The summed E-state index contributed by atoms with van der Waals surface area (Å²) in [5, 5.41) is 14.6. The maximum atomic E-state index is 12.7. The zero-order valence-electron chi connectivity index (χ0n) is 18.5. The van der Waals surface area contributed by atoms with E-state index in [1.54, 1.807) is 29.2 Å². The van der Waals surface area contributed by atoms with Gasteiger partial charge in [-0.05, 0) is 61.3 Å². The van der Waals surface area contributed by atoms with Crippen molar-refractivity contribution in [3.8, 4) is 5.75 Å². The Labute approximate surface area is 200 Å². The van der Waals surface area contributed by atoms with Gasteiger partial charge in [-0.15, -0.1) is 21.5 Å². The molecule has 0 radical (unpaired) electrons. The maximum Gasteiger partial charge on any atom is 0.244 e. The third-order valence-corrected chi connectivity index (χ3v) is 6.38. The van der Waals surface area contributed by atoms with Gasteiger partial charge in [0.2, 0.25) is 5.91 Å². The van der Waals surface area contributed by atoms with Crippen molar-refractivity contribution in [2.45, 2.75) is 26.0 Å². The first-order chi connectivity index (χ1) is 16.1. The molecule has 0 aliphatic carbocycles. The van der Waals surface area contributed by atoms with Crippen LogP contribution in [0, 0.1) is 6.92 Å². The van der Waals surface area contributed by atoms with Crippen molar-refractivity contribution in [3.63, 3.8) is 0 Å². The minimum Gasteiger partial charge on any atom is -0.487 e. The predicted molar refractivity (Wildman–Crippen MR) is 134 cm³/mol. The number of ether oxygens (including phenoxy) is 1. The van der Waals surface area contributed by atoms with Gasteiger partial charge in [-0.3, -0.25) is 9.20 Å². The third kappa shape index (κ3) is 6.21. The van der Waals surface area contributed by atoms with E-state index in [1.807, 2.05) is 71.6 Å². The number of hydrogen-bond donors (Lipinski definition) is 1. The van der Waals surface area contributed by atoms with Gasteiger partial charge >= 0.3 is 0 Å². The highest BCUT2D eigenvalue weighted by atomic mass is 32.2. The van der Waals surface area contributed by atoms with Gasteiger partial charge in [0, 0.05) is 17.7 Å². The molecule has 0 bridgehead atoms. The summed E-state index contributed by atoms with van der Waals surface area (Å²) in [6.07, 6.45) is 8.04. The Morgan fingerprint density at radius 1 is 1.27 bits per heavy atom. The summed E-state index contributed by atoms with van der Waals surface area (Å²) in [5.74, 6) is 2.18. The number of thiazole rings is 1. The number of pyridine rings is 1. The Morgan fingerprint density at radius 3 is 3.00 bits per heavy atom. The topological polar surface area (TPSA) is 81.4 Å². The number of thioether (sulfide) groups is 1. The molecule has 3 heterocycles. The zero-order chi connectivity index (χ0) is 23.0. The number of carbonyl (C=O) groups is 1. The van der Waals surface area contributed by atoms with E-state index in [0.29, 0.717) is 6.61 Å². The van der Waals surface area contributed by atoms with E-state index in [9.17, 15) is 4.79 Å². The number of rotatable bonds is 10. The molecule has 0 fully saturated rings. The second-order valence-electron chi connectivity index (χ2n) is 7.38. The molecule has 1 atom stereocenters. The molecule has 9 heteroatoms. The van der Waals surface area contributed by atoms with Crippen LogP contribution in [0.4, 0.5) is 0 Å². The van der Waals surface area contributed by atoms with Gasteiger partial charge < -0.3 is 10.1 Å². The van der Waals surface area contributed by atoms with Crippen LogP contribution in [0.3, 0.4) is 0 Å². The molecule has 33 heavy (non-hydrogen) atoms. The number of nitrogens with zero attached hydrogens (tertiary/aromatic N) is 4. The number of carbonyl (C=O) groups excluding carboxylic acids is 1. The molecule has 170 valence electrons. The lowest BCUT2D eigenvalue weighted by Crippen LogP contribution is -2.29. The Bertz CT molecular complexity index is 1250. The average molecular weight is 480 g/mol. The fourth-order valence-corrected chi connectivity index (χ4v) is 4.40. The van der Waals surface area contributed by atoms with Gasteiger partial charge in [0.25, 0.3) is 0 Å². The Hall–Kier alpha value is -3.17. The first kappa shape index (κ1) is 23.0. The van der Waals surface area contributed by atoms with E-state index < -0.39 is 0 Å². The second-order valence-corrected chi connectivity index (χ2v) is 9.43. The van der Waals surface area contributed by atoms with Gasteiger partial charge in [-0.2, -0.15) is 11.8 Å². The van der Waals surface area contributed by atoms with E-state index in [-0.39, 0.29) is 11.9 Å². The van der Waals surface area contributed by atoms with Crippen LogP contribution in [0.1, 0.15) is 34.6 Å². The summed E-state index contributed by atoms with van der Waals surface area (Å²) < 4.78 is 7.76. The SMILES string of the molecule is CSCCC(NC(=O)/C=C/c1cccc(OCc2csc(C)n2)c1)c1nnc2ccccn12. The first-order valence-corrected chi connectivity index (χ1v) is 12.8. The zero-order valence-corrected chi connectivity index (χ0v) is 20.1. The molecule has 0 saturated carbocycles. The van der Waals surface area contributed by atoms with E-state index in [1.165, 1.54) is 6.08 Å². The van der Waals surface area contributed by atoms with Gasteiger partial charge in [0.15, 0.2) is 11.5 Å². The molecule has 1 unspecified atom stereocenters. The molecule has 0 aliphatic heterocycles. The van der Waals surface area contributed by atoms with Crippen LogP contribution < -0.4 is 10.1 Å². The number of aromatic nitrogens is 4. The van der Waals surface area contributed by atoms with Crippen LogP contribution >= 0.6 is 23.1 Å². The summed E-state index contributed by atoms with van der Waals surface area (Å²) in [4.78, 5) is 17.1. The van der Waals surface area contributed by atoms with Crippen LogP contribution in [0.15, 0.2) is 60.1 Å². The van der Waals surface area contributed by atoms with E-state index >= 15 is 0 Å². The van der Waals surface area contributed by atoms with Crippen molar-refractivity contribution < 1.29 is 9.53 Å². The molecular weight excluding hydrogens is 454 g/mol. The minimum atomic E-state index is -0.233. The van der Waals surface area contributed by atoms with Gasteiger partial charge in [-0.1, -0.05) is 18.2 Å². The summed E-state index contributed by atoms with van der Waals surface area (Å²) in [7, 11) is 0. The van der Waals surface area contributed by atoms with E-state index in [2.05, 4.69) is 20.5 Å². The Kier molecular flexibility index (Phi) is 7.74. The number of aryl methyl sites for hydroxylation is 1. The van der Waals surface area contributed by atoms with E-state index in [0.717, 1.165) is 45.7 Å². The third-order valence-electron chi connectivity index (χ3n) is 4.92. The van der Waals surface area contributed by atoms with Gasteiger partial charge in [0.1, 0.15) is 12.4 Å². The second kappa shape index (κ2) is 11.1. The standard InChI is InChI=1S/C24H25N5O2S2/c1-17-25-19(16-33-17)15-31-20-7-5-6-18(14-20)9-10-23(30)26-21(11-13-32-2)24-28-27-22-8-3-4-12-29(22)24/h3-10,12,14,16,21H,11,13,15H2,1-2H3,(H,26,30)/b10-9+. The smallest absolute Gasteiger partial charge is 0.244 e. The number of amides is 1. The first-order valence-electron chi connectivity index (χ1n) is 10.5. The molecule has 3 aromatic heterocycles. The van der Waals surface area contributed by atoms with Crippen LogP contribution in [-0.2, 0) is 11.4 Å². The number of nitrogens with one attached hydrogen (secondary N) is 1. The molecule has 7 nitrogen and oxygen atoms in total. The normalized spacial score (nSPS) is 12.3. The number of fused-ring (bicyclic) bond motifs is 1. The van der Waals surface area contributed by atoms with Crippen LogP contribution in [-0.4, -0.2) is 37.5 Å². The molecule has 0 saturated heterocycles. The molecule has 1 aromatic carbocycles. The summed E-state index contributed by atoms with van der Waals surface area (Å²) in [6.45, 7) is 2.39. The van der Waals surface area contributed by atoms with Crippen molar-refractivity contribution in [2.24, 2.45) is 0 Å². The lowest BCUT2D eigenvalue weighted by atomic mass is 10.2. The van der Waals surface area contributed by atoms with Gasteiger partial charge in [0.05, 0.1) is 16.7 Å². The number of hydrogen-bond acceptors (Lipinski definition) is 7. The van der Waals surface area contributed by atoms with Crippen molar-refractivity contribution in [3.05, 3.63) is 82.2 Å². The highest BCUT2D eigenvalue weighted by Crippen LogP contribution is 2.19. The predicted octanol–water partition coefficient (Wildman–Crippen LogP) is 4.70. The minimum absolute atomic E-state index is 0.182. The Morgan fingerprint density at radius 2 is 2.18 bits per heavy atom. The summed E-state index contributed by atoms with van der Waals surface area (Å²) in [5.41, 5.74) is 2.55. The molecule has 4 aromatic rings. The van der Waals surface area contributed by atoms with Crippen LogP contribution in [0.25, 0.3) is 11.7 Å². The molecular formula is C24H25N5O2S2. The van der Waals surface area contributed by atoms with Crippen molar-refractivity contribution in [2.75, 3.05) is 12.0 Å². The number of benzene rings is 1. The van der Waals surface area contributed by atoms with Crippen LogP contribution in [0.2, 0.25) is 0 Å². The van der Waals surface area contributed by atoms with E-state index in [4.69, 9.17) is 4.74 Å². The average Bonchev–Trinajstić information content (AvgIpc) is 3.45. The summed E-state index contributed by atoms with van der Waals surface area (Å²) >= 11 is 3.34. The lowest BCUT2D eigenvalue weighted by molar-refractivity contribution is -0.117. The molecule has 0 aliphatic rings. The molecule has 1 amide bonds. The fourth-order valence-electron chi connectivity index (χ4n) is 3.33. The maximum absolute atomic E-state index is 12.7. The van der Waals surface area contributed by atoms with Crippen LogP contribution in [0.5, 0.6) is 5.75 Å². The quantitative estimate of drug-likeness (QED) is 0.332. The molecule has 0 spiro atoms. The van der Waals surface area contributed by atoms with Crippen molar-refractivity contribution in [1.29, 1.82) is 0 Å². The highest BCUT2D eigenvalue weighted by molar-refractivity contribution is 7.98. The van der Waals surface area contributed by atoms with Crippen molar-refractivity contribution >= 4 is 40.7 Å². The Balaban J connectivity index is 1.41.